The van der Waals surface area contributed by atoms with E-state index in [2.05, 4.69) is 5.32 Å². The van der Waals surface area contributed by atoms with Crippen molar-refractivity contribution in [3.63, 3.8) is 0 Å². The van der Waals surface area contributed by atoms with Gasteiger partial charge in [-0.05, 0) is 32.8 Å². The van der Waals surface area contributed by atoms with Gasteiger partial charge in [-0.25, -0.2) is 4.79 Å². The van der Waals surface area contributed by atoms with Crippen LogP contribution in [0.4, 0.5) is 5.00 Å². The Morgan fingerprint density at radius 3 is 2.83 bits per heavy atom. The Labute approximate surface area is 145 Å². The number of amides is 1. The number of carbonyl (C=O) groups excluding carboxylic acids is 2. The van der Waals surface area contributed by atoms with Gasteiger partial charge in [0, 0.05) is 23.6 Å². The molecule has 2 heterocycles. The van der Waals surface area contributed by atoms with Gasteiger partial charge in [-0.3, -0.25) is 4.79 Å². The maximum atomic E-state index is 12.4. The molecule has 0 spiro atoms. The molecule has 0 atom stereocenters. The number of hydrogen-bond acceptors (Lipinski definition) is 5. The Bertz CT molecular complexity index is 597. The minimum absolute atomic E-state index is 0.144. The molecule has 5 nitrogen and oxygen atoms in total. The second kappa shape index (κ2) is 7.64. The quantitative estimate of drug-likeness (QED) is 0.620. The fourth-order valence-corrected chi connectivity index (χ4v) is 3.75. The van der Waals surface area contributed by atoms with Crippen molar-refractivity contribution in [3.8, 4) is 0 Å². The lowest BCUT2D eigenvalue weighted by atomic mass is 9.93. The number of carbonyl (C=O) groups is 2. The maximum absolute atomic E-state index is 12.4. The van der Waals surface area contributed by atoms with Gasteiger partial charge in [-0.2, -0.15) is 0 Å². The molecule has 0 bridgehead atoms. The van der Waals surface area contributed by atoms with Crippen molar-refractivity contribution < 1.29 is 19.1 Å². The smallest absolute Gasteiger partial charge is 0.341 e. The summed E-state index contributed by atoms with van der Waals surface area (Å²) in [5, 5.41) is 3.38. The summed E-state index contributed by atoms with van der Waals surface area (Å²) in [6.07, 6.45) is 1.55. The Kier molecular flexibility index (Phi) is 6.06. The van der Waals surface area contributed by atoms with Gasteiger partial charge in [-0.1, -0.05) is 0 Å². The van der Waals surface area contributed by atoms with E-state index in [0.717, 1.165) is 10.4 Å². The Morgan fingerprint density at radius 2 is 2.17 bits per heavy atom. The van der Waals surface area contributed by atoms with Gasteiger partial charge >= 0.3 is 5.97 Å². The first-order chi connectivity index (χ1) is 10.9. The van der Waals surface area contributed by atoms with Gasteiger partial charge < -0.3 is 14.8 Å². The van der Waals surface area contributed by atoms with Crippen LogP contribution in [0.15, 0.2) is 0 Å². The number of ether oxygens (including phenoxy) is 2. The molecule has 0 saturated heterocycles. The lowest BCUT2D eigenvalue weighted by Crippen LogP contribution is -2.32. The monoisotopic (exact) mass is 359 g/mol. The fourth-order valence-electron chi connectivity index (χ4n) is 2.48. The number of hydrogen-bond donors (Lipinski definition) is 1. The van der Waals surface area contributed by atoms with Crippen LogP contribution in [-0.2, 0) is 27.3 Å². The molecule has 7 heteroatoms. The molecule has 1 aliphatic heterocycles. The molecule has 23 heavy (non-hydrogen) atoms. The van der Waals surface area contributed by atoms with Crippen molar-refractivity contribution in [2.75, 3.05) is 17.8 Å². The topological polar surface area (TPSA) is 64.6 Å². The van der Waals surface area contributed by atoms with Gasteiger partial charge in [0.05, 0.1) is 24.4 Å². The molecular weight excluding hydrogens is 338 g/mol. The SMILES string of the molecule is CCOC(=O)c1c(NC(=O)CCCCl)sc2c1CC(C)(C)OC2. The van der Waals surface area contributed by atoms with E-state index in [9.17, 15) is 9.59 Å². The van der Waals surface area contributed by atoms with Crippen LogP contribution < -0.4 is 5.32 Å². The van der Waals surface area contributed by atoms with Gasteiger partial charge in [-0.15, -0.1) is 22.9 Å². The predicted molar refractivity (Wildman–Crippen MR) is 91.4 cm³/mol. The molecule has 128 valence electrons. The molecule has 1 aromatic heterocycles. The number of nitrogens with one attached hydrogen (secondary N) is 1. The minimum Gasteiger partial charge on any atom is -0.462 e. The van der Waals surface area contributed by atoms with E-state index < -0.39 is 5.97 Å². The Hall–Kier alpha value is -1.11. The first-order valence-corrected chi connectivity index (χ1v) is 9.04. The van der Waals surface area contributed by atoms with Crippen LogP contribution in [0.5, 0.6) is 0 Å². The highest BCUT2D eigenvalue weighted by molar-refractivity contribution is 7.17. The van der Waals surface area contributed by atoms with Crippen LogP contribution in [0.25, 0.3) is 0 Å². The van der Waals surface area contributed by atoms with Gasteiger partial charge in [0.1, 0.15) is 5.00 Å². The van der Waals surface area contributed by atoms with Gasteiger partial charge in [0.15, 0.2) is 0 Å². The molecular formula is C16H22ClNO4S. The maximum Gasteiger partial charge on any atom is 0.341 e. The number of halogens is 1. The summed E-state index contributed by atoms with van der Waals surface area (Å²) in [7, 11) is 0. The first-order valence-electron chi connectivity index (χ1n) is 7.69. The van der Waals surface area contributed by atoms with E-state index in [1.165, 1.54) is 11.3 Å². The standard InChI is InChI=1S/C16H22ClNO4S/c1-4-21-15(20)13-10-8-16(2,3)22-9-11(10)23-14(13)18-12(19)6-5-7-17/h4-9H2,1-3H3,(H,18,19). The van der Waals surface area contributed by atoms with Crippen LogP contribution >= 0.6 is 22.9 Å². The Balaban J connectivity index is 2.32. The lowest BCUT2D eigenvalue weighted by molar-refractivity contribution is -0.116. The average molecular weight is 360 g/mol. The average Bonchev–Trinajstić information content (AvgIpc) is 2.81. The molecule has 1 amide bonds. The normalized spacial score (nSPS) is 15.8. The minimum atomic E-state index is -0.393. The highest BCUT2D eigenvalue weighted by Crippen LogP contribution is 2.40. The third-order valence-corrected chi connectivity index (χ3v) is 4.95. The molecule has 1 aliphatic rings. The highest BCUT2D eigenvalue weighted by atomic mass is 35.5. The molecule has 0 radical (unpaired) electrons. The van der Waals surface area contributed by atoms with E-state index in [-0.39, 0.29) is 11.5 Å². The van der Waals surface area contributed by atoms with E-state index in [1.807, 2.05) is 13.8 Å². The van der Waals surface area contributed by atoms with E-state index in [4.69, 9.17) is 21.1 Å². The number of alkyl halides is 1. The molecule has 0 saturated carbocycles. The zero-order chi connectivity index (χ0) is 17.0. The van der Waals surface area contributed by atoms with Crippen LogP contribution in [0, 0.1) is 0 Å². The third-order valence-electron chi connectivity index (χ3n) is 3.56. The summed E-state index contributed by atoms with van der Waals surface area (Å²) in [4.78, 5) is 25.3. The zero-order valence-corrected chi connectivity index (χ0v) is 15.2. The second-order valence-electron chi connectivity index (χ2n) is 5.99. The second-order valence-corrected chi connectivity index (χ2v) is 7.48. The summed E-state index contributed by atoms with van der Waals surface area (Å²) in [5.74, 6) is -0.105. The van der Waals surface area contributed by atoms with Crippen LogP contribution in [-0.4, -0.2) is 30.0 Å². The number of thiophene rings is 1. The van der Waals surface area contributed by atoms with Crippen molar-refractivity contribution >= 4 is 39.8 Å². The largest absolute Gasteiger partial charge is 0.462 e. The van der Waals surface area contributed by atoms with E-state index in [0.29, 0.717) is 48.9 Å². The highest BCUT2D eigenvalue weighted by Gasteiger charge is 2.34. The number of fused-ring (bicyclic) bond motifs is 1. The number of anilines is 1. The van der Waals surface area contributed by atoms with E-state index >= 15 is 0 Å². The summed E-state index contributed by atoms with van der Waals surface area (Å²) in [5.41, 5.74) is 1.06. The molecule has 0 fully saturated rings. The van der Waals surface area contributed by atoms with Crippen LogP contribution in [0.1, 0.15) is 54.4 Å². The fraction of sp³-hybridized carbons (Fsp3) is 0.625. The van der Waals surface area contributed by atoms with Crippen molar-refractivity contribution in [2.24, 2.45) is 0 Å². The molecule has 0 unspecified atom stereocenters. The number of esters is 1. The summed E-state index contributed by atoms with van der Waals surface area (Å²) < 4.78 is 11.0. The molecule has 1 N–H and O–H groups in total. The van der Waals surface area contributed by atoms with Crippen molar-refractivity contribution in [3.05, 3.63) is 16.0 Å². The van der Waals surface area contributed by atoms with Crippen molar-refractivity contribution in [1.29, 1.82) is 0 Å². The molecule has 0 aromatic carbocycles. The predicted octanol–water partition coefficient (Wildman–Crippen LogP) is 3.73. The number of rotatable bonds is 6. The van der Waals surface area contributed by atoms with Gasteiger partial charge in [0.2, 0.25) is 5.91 Å². The molecule has 0 aliphatic carbocycles. The summed E-state index contributed by atoms with van der Waals surface area (Å²) in [6.45, 7) is 6.48. The van der Waals surface area contributed by atoms with Crippen LogP contribution in [0.2, 0.25) is 0 Å². The van der Waals surface area contributed by atoms with Crippen molar-refractivity contribution in [1.82, 2.24) is 0 Å². The first kappa shape index (κ1) is 18.2. The lowest BCUT2D eigenvalue weighted by Gasteiger charge is -2.30. The van der Waals surface area contributed by atoms with Gasteiger partial charge in [0.25, 0.3) is 0 Å². The van der Waals surface area contributed by atoms with Crippen LogP contribution in [0.3, 0.4) is 0 Å². The summed E-state index contributed by atoms with van der Waals surface area (Å²) in [6, 6.07) is 0. The van der Waals surface area contributed by atoms with Crippen molar-refractivity contribution in [2.45, 2.75) is 52.2 Å². The van der Waals surface area contributed by atoms with E-state index in [1.54, 1.807) is 6.92 Å². The summed E-state index contributed by atoms with van der Waals surface area (Å²) >= 11 is 7.01. The zero-order valence-electron chi connectivity index (χ0n) is 13.7. The molecule has 1 aromatic rings. The molecule has 2 rings (SSSR count). The Morgan fingerprint density at radius 1 is 1.43 bits per heavy atom. The third kappa shape index (κ3) is 4.46.